The molecule has 0 unspecified atom stereocenters. The lowest BCUT2D eigenvalue weighted by Gasteiger charge is -2.42. The number of hydrogen-bond acceptors (Lipinski definition) is 4. The molecule has 1 N–H and O–H groups in total. The van der Waals surface area contributed by atoms with Gasteiger partial charge in [0.2, 0.25) is 0 Å². The van der Waals surface area contributed by atoms with Crippen molar-refractivity contribution in [3.63, 3.8) is 0 Å². The van der Waals surface area contributed by atoms with E-state index in [-0.39, 0.29) is 12.1 Å². The van der Waals surface area contributed by atoms with Gasteiger partial charge in [-0.2, -0.15) is 0 Å². The average molecular weight is 222 g/mol. The van der Waals surface area contributed by atoms with Gasteiger partial charge in [-0.25, -0.2) is 4.98 Å². The van der Waals surface area contributed by atoms with Gasteiger partial charge in [0.25, 0.3) is 0 Å². The summed E-state index contributed by atoms with van der Waals surface area (Å²) in [6.45, 7) is 6.66. The van der Waals surface area contributed by atoms with Gasteiger partial charge in [-0.15, -0.1) is 0 Å². The van der Waals surface area contributed by atoms with E-state index >= 15 is 0 Å². The molecule has 4 heteroatoms. The van der Waals surface area contributed by atoms with Crippen molar-refractivity contribution < 1.29 is 9.84 Å². The Kier molecular flexibility index (Phi) is 3.12. The van der Waals surface area contributed by atoms with Gasteiger partial charge in [-0.3, -0.25) is 0 Å². The van der Waals surface area contributed by atoms with E-state index in [9.17, 15) is 0 Å². The largest absolute Gasteiger partial charge is 0.392 e. The lowest BCUT2D eigenvalue weighted by molar-refractivity contribution is 0.0639. The van der Waals surface area contributed by atoms with Crippen molar-refractivity contribution >= 4 is 5.82 Å². The molecule has 1 fully saturated rings. The molecule has 2 rings (SSSR count). The van der Waals surface area contributed by atoms with Crippen LogP contribution in [0.4, 0.5) is 5.82 Å². The number of aromatic nitrogens is 1. The Balaban J connectivity index is 2.21. The minimum atomic E-state index is -0.0218. The Hall–Kier alpha value is -1.13. The van der Waals surface area contributed by atoms with Crippen molar-refractivity contribution in [2.45, 2.75) is 26.0 Å². The van der Waals surface area contributed by atoms with Crippen LogP contribution in [-0.2, 0) is 11.3 Å². The van der Waals surface area contributed by atoms with Crippen molar-refractivity contribution in [3.05, 3.63) is 23.9 Å². The fourth-order valence-electron chi connectivity index (χ4n) is 1.95. The Morgan fingerprint density at radius 2 is 2.31 bits per heavy atom. The van der Waals surface area contributed by atoms with Crippen molar-refractivity contribution in [1.29, 1.82) is 0 Å². The predicted molar refractivity (Wildman–Crippen MR) is 62.4 cm³/mol. The summed E-state index contributed by atoms with van der Waals surface area (Å²) >= 11 is 0. The van der Waals surface area contributed by atoms with Crippen LogP contribution in [0.2, 0.25) is 0 Å². The molecule has 1 aromatic rings. The smallest absolute Gasteiger partial charge is 0.129 e. The van der Waals surface area contributed by atoms with Crippen LogP contribution in [0.25, 0.3) is 0 Å². The van der Waals surface area contributed by atoms with E-state index in [2.05, 4.69) is 23.7 Å². The maximum atomic E-state index is 8.97. The summed E-state index contributed by atoms with van der Waals surface area (Å²) in [6.07, 6.45) is 1.72. The van der Waals surface area contributed by atoms with Crippen LogP contribution in [0.1, 0.15) is 19.4 Å². The number of pyridine rings is 1. The minimum Gasteiger partial charge on any atom is -0.392 e. The molecule has 0 saturated carbocycles. The van der Waals surface area contributed by atoms with Crippen LogP contribution in [0, 0.1) is 0 Å². The first-order valence-electron chi connectivity index (χ1n) is 5.55. The molecule has 1 aromatic heterocycles. The zero-order valence-electron chi connectivity index (χ0n) is 9.81. The molecule has 0 atom stereocenters. The highest BCUT2D eigenvalue weighted by atomic mass is 16.5. The van der Waals surface area contributed by atoms with Crippen molar-refractivity contribution in [1.82, 2.24) is 4.98 Å². The van der Waals surface area contributed by atoms with E-state index in [1.54, 1.807) is 6.20 Å². The summed E-state index contributed by atoms with van der Waals surface area (Å²) in [5.74, 6) is 0.950. The van der Waals surface area contributed by atoms with Crippen LogP contribution in [0.5, 0.6) is 0 Å². The monoisotopic (exact) mass is 222 g/mol. The number of aliphatic hydroxyl groups is 1. The molecule has 0 aliphatic carbocycles. The molecule has 0 radical (unpaired) electrons. The molecule has 0 spiro atoms. The molecule has 1 aliphatic rings. The molecular weight excluding hydrogens is 204 g/mol. The first-order valence-corrected chi connectivity index (χ1v) is 5.55. The number of hydrogen-bond donors (Lipinski definition) is 1. The van der Waals surface area contributed by atoms with E-state index in [1.807, 2.05) is 12.1 Å². The van der Waals surface area contributed by atoms with Crippen LogP contribution in [0.15, 0.2) is 18.3 Å². The lowest BCUT2D eigenvalue weighted by Crippen LogP contribution is -2.53. The molecule has 88 valence electrons. The molecule has 16 heavy (non-hydrogen) atoms. The average Bonchev–Trinajstić information content (AvgIpc) is 2.29. The van der Waals surface area contributed by atoms with Crippen molar-refractivity contribution in [2.75, 3.05) is 24.7 Å². The minimum absolute atomic E-state index is 0.0218. The van der Waals surface area contributed by atoms with Crippen LogP contribution < -0.4 is 4.90 Å². The molecule has 4 nitrogen and oxygen atoms in total. The first kappa shape index (κ1) is 11.4. The summed E-state index contributed by atoms with van der Waals surface area (Å²) in [6, 6.07) is 3.87. The van der Waals surface area contributed by atoms with Gasteiger partial charge < -0.3 is 14.7 Å². The Labute approximate surface area is 95.9 Å². The summed E-state index contributed by atoms with van der Waals surface area (Å²) in [7, 11) is 0. The summed E-state index contributed by atoms with van der Waals surface area (Å²) in [5.41, 5.74) is 0.821. The van der Waals surface area contributed by atoms with E-state index in [0.717, 1.165) is 31.1 Å². The van der Waals surface area contributed by atoms with E-state index in [1.165, 1.54) is 0 Å². The fraction of sp³-hybridized carbons (Fsp3) is 0.583. The van der Waals surface area contributed by atoms with Crippen LogP contribution in [-0.4, -0.2) is 35.4 Å². The van der Waals surface area contributed by atoms with Gasteiger partial charge in [0.05, 0.1) is 25.4 Å². The summed E-state index contributed by atoms with van der Waals surface area (Å²) in [4.78, 5) is 6.63. The Bertz CT molecular complexity index is 349. The van der Waals surface area contributed by atoms with Gasteiger partial charge in [0.1, 0.15) is 5.82 Å². The highest BCUT2D eigenvalue weighted by molar-refractivity contribution is 5.42. The molecule has 2 heterocycles. The zero-order chi connectivity index (χ0) is 11.6. The molecule has 1 aliphatic heterocycles. The third kappa shape index (κ3) is 2.18. The van der Waals surface area contributed by atoms with Crippen molar-refractivity contribution in [2.24, 2.45) is 0 Å². The highest BCUT2D eigenvalue weighted by Gasteiger charge is 2.31. The summed E-state index contributed by atoms with van der Waals surface area (Å²) < 4.78 is 5.47. The third-order valence-electron chi connectivity index (χ3n) is 2.91. The molecular formula is C12H18N2O2. The maximum Gasteiger partial charge on any atom is 0.129 e. The number of nitrogens with zero attached hydrogens (tertiary/aromatic N) is 2. The number of morpholine rings is 1. The van der Waals surface area contributed by atoms with Crippen LogP contribution >= 0.6 is 0 Å². The number of ether oxygens (including phenoxy) is 1. The van der Waals surface area contributed by atoms with Gasteiger partial charge in [0, 0.05) is 12.7 Å². The van der Waals surface area contributed by atoms with E-state index in [4.69, 9.17) is 9.84 Å². The number of aliphatic hydroxyl groups excluding tert-OH is 1. The zero-order valence-corrected chi connectivity index (χ0v) is 9.81. The first-order chi connectivity index (χ1) is 7.63. The predicted octanol–water partition coefficient (Wildman–Crippen LogP) is 1.19. The molecule has 0 amide bonds. The lowest BCUT2D eigenvalue weighted by atomic mass is 10.0. The molecule has 0 bridgehead atoms. The summed E-state index contributed by atoms with van der Waals surface area (Å²) in [5, 5.41) is 8.97. The van der Waals surface area contributed by atoms with Crippen LogP contribution in [0.3, 0.4) is 0 Å². The van der Waals surface area contributed by atoms with Crippen molar-refractivity contribution in [3.8, 4) is 0 Å². The van der Waals surface area contributed by atoms with Gasteiger partial charge in [0.15, 0.2) is 0 Å². The second kappa shape index (κ2) is 4.39. The second-order valence-electron chi connectivity index (χ2n) is 4.70. The fourth-order valence-corrected chi connectivity index (χ4v) is 1.95. The van der Waals surface area contributed by atoms with Gasteiger partial charge in [-0.05, 0) is 25.5 Å². The number of anilines is 1. The number of rotatable bonds is 2. The third-order valence-corrected chi connectivity index (χ3v) is 2.91. The normalized spacial score (nSPS) is 19.8. The van der Waals surface area contributed by atoms with E-state index in [0.29, 0.717) is 0 Å². The standard InChI is InChI=1S/C12H18N2O2/c1-12(2)9-16-6-5-14(12)11-4-3-10(8-15)7-13-11/h3-4,7,15H,5-6,8-9H2,1-2H3. The quantitative estimate of drug-likeness (QED) is 0.816. The Morgan fingerprint density at radius 1 is 1.50 bits per heavy atom. The molecule has 0 aromatic carbocycles. The van der Waals surface area contributed by atoms with Gasteiger partial charge in [-0.1, -0.05) is 6.07 Å². The second-order valence-corrected chi connectivity index (χ2v) is 4.70. The Morgan fingerprint density at radius 3 is 2.88 bits per heavy atom. The van der Waals surface area contributed by atoms with Gasteiger partial charge >= 0.3 is 0 Å². The van der Waals surface area contributed by atoms with E-state index < -0.39 is 0 Å². The SMILES string of the molecule is CC1(C)COCCN1c1ccc(CO)cn1. The highest BCUT2D eigenvalue weighted by Crippen LogP contribution is 2.25. The topological polar surface area (TPSA) is 45.6 Å². The molecule has 1 saturated heterocycles. The maximum absolute atomic E-state index is 8.97.